The van der Waals surface area contributed by atoms with Crippen LogP contribution in [0.3, 0.4) is 0 Å². The molecule has 0 aliphatic carbocycles. The summed E-state index contributed by atoms with van der Waals surface area (Å²) in [5.41, 5.74) is 0.381. The van der Waals surface area contributed by atoms with E-state index in [1.54, 1.807) is 44.0 Å². The van der Waals surface area contributed by atoms with Crippen LogP contribution in [0.2, 0.25) is 0 Å². The second kappa shape index (κ2) is 22.0. The first-order valence-electron chi connectivity index (χ1n) is 17.8. The van der Waals surface area contributed by atoms with Gasteiger partial charge in [-0.3, -0.25) is 23.9 Å². The fourth-order valence-electron chi connectivity index (χ4n) is 5.60. The van der Waals surface area contributed by atoms with Gasteiger partial charge in [0.25, 0.3) is 17.4 Å². The SMILES string of the molecule is CC1=CN([C@H]2C=C[C@@H](CO)O2)[C@@H](O)NC1=O.CC1=CN([C@H]2CC[C@@H](CO)O2)[C@@H](O)NC1=O.Cc1cn([C@H]2CC(O)C(CO)O2)c(=O)[nH]c1=O.OCC(CO)CO. The number of aromatic amines is 1. The summed E-state index contributed by atoms with van der Waals surface area (Å²) in [6.07, 6.45) is 4.02. The Kier molecular flexibility index (Phi) is 18.2. The maximum atomic E-state index is 11.6. The second-order valence-electron chi connectivity index (χ2n) is 13.3. The maximum absolute atomic E-state index is 11.6. The van der Waals surface area contributed by atoms with Crippen LogP contribution in [-0.4, -0.2) is 166 Å². The molecule has 6 rings (SSSR count). The highest BCUT2D eigenvalue weighted by molar-refractivity contribution is 5.93. The lowest BCUT2D eigenvalue weighted by Crippen LogP contribution is -2.53. The van der Waals surface area contributed by atoms with Gasteiger partial charge in [0.15, 0.2) is 6.23 Å². The van der Waals surface area contributed by atoms with Crippen LogP contribution in [0.4, 0.5) is 0 Å². The van der Waals surface area contributed by atoms with Gasteiger partial charge < -0.3 is 80.6 Å². The van der Waals surface area contributed by atoms with Gasteiger partial charge in [-0.05, 0) is 39.7 Å². The van der Waals surface area contributed by atoms with Crippen LogP contribution in [0.1, 0.15) is 44.9 Å². The Bertz CT molecular complexity index is 1640. The Morgan fingerprint density at radius 3 is 1.80 bits per heavy atom. The van der Waals surface area contributed by atoms with Gasteiger partial charge in [0.2, 0.25) is 12.7 Å². The number of nitrogens with one attached hydrogen (secondary N) is 3. The van der Waals surface area contributed by atoms with Crippen LogP contribution in [0.15, 0.2) is 51.5 Å². The van der Waals surface area contributed by atoms with Crippen molar-refractivity contribution in [1.82, 2.24) is 30.0 Å². The predicted molar refractivity (Wildman–Crippen MR) is 192 cm³/mol. The number of carbonyl (C=O) groups excluding carboxylic acids is 2. The van der Waals surface area contributed by atoms with Crippen LogP contribution in [-0.2, 0) is 23.8 Å². The molecule has 316 valence electrons. The third-order valence-electron chi connectivity index (χ3n) is 9.00. The smallest absolute Gasteiger partial charge is 0.330 e. The van der Waals surface area contributed by atoms with Crippen molar-refractivity contribution >= 4 is 11.8 Å². The number of ether oxygens (including phenoxy) is 3. The zero-order chi connectivity index (χ0) is 41.7. The number of aryl methyl sites for hydroxylation is 1. The number of amides is 2. The molecule has 0 aromatic carbocycles. The summed E-state index contributed by atoms with van der Waals surface area (Å²) in [4.78, 5) is 50.4. The normalized spacial score (nSPS) is 29.6. The molecule has 2 amide bonds. The molecule has 9 atom stereocenters. The number of hydrogen-bond acceptors (Lipinski definition) is 18. The summed E-state index contributed by atoms with van der Waals surface area (Å²) in [7, 11) is 0. The van der Waals surface area contributed by atoms with E-state index in [-0.39, 0.29) is 82.2 Å². The van der Waals surface area contributed by atoms with Crippen LogP contribution < -0.4 is 21.9 Å². The lowest BCUT2D eigenvalue weighted by atomic mass is 10.2. The van der Waals surface area contributed by atoms with E-state index in [1.165, 1.54) is 21.9 Å². The zero-order valence-corrected chi connectivity index (χ0v) is 31.2. The van der Waals surface area contributed by atoms with Crippen molar-refractivity contribution in [1.29, 1.82) is 0 Å². The molecule has 2 saturated heterocycles. The number of nitrogens with zero attached hydrogens (tertiary/aromatic N) is 3. The fraction of sp³-hybridized carbons (Fsp3) is 0.647. The van der Waals surface area contributed by atoms with Crippen molar-refractivity contribution in [3.8, 4) is 0 Å². The van der Waals surface area contributed by atoms with Crippen LogP contribution in [0, 0.1) is 12.8 Å². The van der Waals surface area contributed by atoms with E-state index in [0.717, 1.165) is 12.8 Å². The molecule has 22 nitrogen and oxygen atoms in total. The van der Waals surface area contributed by atoms with Crippen molar-refractivity contribution in [3.05, 3.63) is 68.3 Å². The molecule has 5 aliphatic heterocycles. The predicted octanol–water partition coefficient (Wildman–Crippen LogP) is -4.97. The first-order chi connectivity index (χ1) is 26.6. The van der Waals surface area contributed by atoms with E-state index >= 15 is 0 Å². The van der Waals surface area contributed by atoms with Gasteiger partial charge in [-0.15, -0.1) is 0 Å². The molecule has 6 heterocycles. The van der Waals surface area contributed by atoms with Crippen molar-refractivity contribution in [2.24, 2.45) is 5.92 Å². The summed E-state index contributed by atoms with van der Waals surface area (Å²) in [6, 6.07) is 0. The molecule has 0 radical (unpaired) electrons. The minimum Gasteiger partial charge on any atom is -0.396 e. The van der Waals surface area contributed by atoms with Crippen molar-refractivity contribution in [2.45, 2.75) is 95.8 Å². The third-order valence-corrected chi connectivity index (χ3v) is 9.00. The average Bonchev–Trinajstić information content (AvgIpc) is 3.94. The number of hydrogen-bond donors (Lipinski definition) is 12. The quantitative estimate of drug-likeness (QED) is 0.104. The van der Waals surface area contributed by atoms with Gasteiger partial charge >= 0.3 is 5.69 Å². The van der Waals surface area contributed by atoms with Crippen molar-refractivity contribution in [2.75, 3.05) is 39.6 Å². The highest BCUT2D eigenvalue weighted by Gasteiger charge is 2.36. The van der Waals surface area contributed by atoms with Crippen molar-refractivity contribution in [3.63, 3.8) is 0 Å². The number of aliphatic hydroxyl groups is 9. The molecular formula is C34H54N6O16. The van der Waals surface area contributed by atoms with Gasteiger partial charge in [0.05, 0.1) is 51.8 Å². The fourth-order valence-corrected chi connectivity index (χ4v) is 5.60. The van der Waals surface area contributed by atoms with Crippen LogP contribution >= 0.6 is 0 Å². The molecule has 1 aromatic heterocycles. The van der Waals surface area contributed by atoms with E-state index in [9.17, 15) is 34.5 Å². The highest BCUT2D eigenvalue weighted by atomic mass is 16.5. The van der Waals surface area contributed by atoms with Gasteiger partial charge in [-0.1, -0.05) is 6.08 Å². The molecule has 12 N–H and O–H groups in total. The summed E-state index contributed by atoms with van der Waals surface area (Å²) in [5.74, 6) is -0.926. The largest absolute Gasteiger partial charge is 0.396 e. The third kappa shape index (κ3) is 12.5. The molecule has 22 heteroatoms. The van der Waals surface area contributed by atoms with Gasteiger partial charge in [0, 0.05) is 47.6 Å². The number of aliphatic hydroxyl groups excluding tert-OH is 9. The summed E-state index contributed by atoms with van der Waals surface area (Å²) < 4.78 is 17.5. The molecule has 2 fully saturated rings. The summed E-state index contributed by atoms with van der Waals surface area (Å²) >= 11 is 0. The minimum atomic E-state index is -1.11. The van der Waals surface area contributed by atoms with Gasteiger partial charge in [0.1, 0.15) is 24.7 Å². The lowest BCUT2D eigenvalue weighted by molar-refractivity contribution is -0.142. The van der Waals surface area contributed by atoms with E-state index < -0.39 is 48.6 Å². The molecule has 56 heavy (non-hydrogen) atoms. The molecule has 5 aliphatic rings. The minimum absolute atomic E-state index is 0.0184. The zero-order valence-electron chi connectivity index (χ0n) is 31.2. The first kappa shape index (κ1) is 46.3. The lowest BCUT2D eigenvalue weighted by Gasteiger charge is -2.35. The standard InChI is InChI=1S/C10H14N2O5.C10H16N2O4.C10H14N2O4.C4H10O3/c1-5-3-12(10(16)11-9(5)15)8-2-6(14)7(4-13)17-8;2*1-6-4-12(10(15)11-9(6)14)8-3-2-7(5-13)16-8;5-1-4(2-6)3-7/h3,6-8,13-14H,2,4H2,1H3,(H,11,15,16);4,7-8,10,13,15H,2-3,5H2,1H3,(H,11,14);2-4,7-8,10,13,15H,5H2,1H3,(H,11,14);4-7H,1-3H2/t6?,7?,8-;2*7-,8+,10-;/m100./s1. The Balaban J connectivity index is 0.000000208. The number of rotatable bonds is 9. The average molecular weight is 803 g/mol. The topological polar surface area (TPSA) is 329 Å². The molecule has 0 spiro atoms. The molecule has 0 bridgehead atoms. The number of H-pyrrole nitrogens is 1. The number of carbonyl (C=O) groups is 2. The Morgan fingerprint density at radius 2 is 1.32 bits per heavy atom. The highest BCUT2D eigenvalue weighted by Crippen LogP contribution is 2.27. The molecule has 2 unspecified atom stereocenters. The maximum Gasteiger partial charge on any atom is 0.330 e. The monoisotopic (exact) mass is 802 g/mol. The van der Waals surface area contributed by atoms with E-state index in [2.05, 4.69) is 15.6 Å². The Morgan fingerprint density at radius 1 is 0.732 bits per heavy atom. The van der Waals surface area contributed by atoms with E-state index in [4.69, 9.17) is 44.8 Å². The van der Waals surface area contributed by atoms with E-state index in [1.807, 2.05) is 0 Å². The van der Waals surface area contributed by atoms with Gasteiger partial charge in [-0.2, -0.15) is 0 Å². The van der Waals surface area contributed by atoms with Crippen LogP contribution in [0.25, 0.3) is 0 Å². The van der Waals surface area contributed by atoms with Crippen molar-refractivity contribution < 1.29 is 69.8 Å². The van der Waals surface area contributed by atoms with Crippen LogP contribution in [0.5, 0.6) is 0 Å². The summed E-state index contributed by atoms with van der Waals surface area (Å²) in [6.45, 7) is 4.02. The molecule has 1 aromatic rings. The molecule has 0 saturated carbocycles. The Labute approximate surface area is 321 Å². The molecular weight excluding hydrogens is 748 g/mol. The summed E-state index contributed by atoms with van der Waals surface area (Å²) in [5, 5.41) is 85.1. The van der Waals surface area contributed by atoms with E-state index in [0.29, 0.717) is 16.7 Å². The van der Waals surface area contributed by atoms with Gasteiger partial charge in [-0.25, -0.2) is 4.79 Å². The number of aromatic nitrogens is 2. The second-order valence-corrected chi connectivity index (χ2v) is 13.3. The first-order valence-corrected chi connectivity index (χ1v) is 17.8. The Hall–Kier alpha value is -4.04.